The Morgan fingerprint density at radius 2 is 1.42 bits per heavy atom. The van der Waals surface area contributed by atoms with Gasteiger partial charge in [-0.3, -0.25) is 9.59 Å². The van der Waals surface area contributed by atoms with E-state index in [1.807, 2.05) is 38.7 Å². The summed E-state index contributed by atoms with van der Waals surface area (Å²) < 4.78 is 15.8. The van der Waals surface area contributed by atoms with Crippen LogP contribution in [0.2, 0.25) is 0 Å². The molecule has 15 heteroatoms. The van der Waals surface area contributed by atoms with E-state index in [1.54, 1.807) is 0 Å². The molecule has 2 aliphatic heterocycles. The molecule has 2 aromatic heterocycles. The SMILES string of the molecule is COC(=O)N[C@H](C(=O)N[C@@H]1CCC[C@@H]1c1nc2ccc(-c3ccc(-c4ccc5c(c4)OCCc4[nH]c([C@@H]6CCCN6C(=O)[C@@H](NC(=O)OC)C(C)C)nc4-5)cc3)cc2[nH]1)C(C)C. The molecule has 1 saturated heterocycles. The van der Waals surface area contributed by atoms with Crippen molar-refractivity contribution in [3.63, 3.8) is 0 Å². The Kier molecular flexibility index (Phi) is 12.2. The lowest BCUT2D eigenvalue weighted by molar-refractivity contribution is -0.135. The molecule has 5 aromatic rings. The van der Waals surface area contributed by atoms with Crippen LogP contribution in [0.3, 0.4) is 0 Å². The Morgan fingerprint density at radius 1 is 0.758 bits per heavy atom. The molecule has 62 heavy (non-hydrogen) atoms. The lowest BCUT2D eigenvalue weighted by atomic mass is 9.98. The maximum Gasteiger partial charge on any atom is 0.407 e. The number of aromatic nitrogens is 4. The zero-order chi connectivity index (χ0) is 43.7. The Labute approximate surface area is 361 Å². The molecular weight excluding hydrogens is 789 g/mol. The van der Waals surface area contributed by atoms with E-state index in [4.69, 9.17) is 24.2 Å². The highest BCUT2D eigenvalue weighted by Gasteiger charge is 2.39. The standard InChI is InChI=1S/C47H56N8O7/c1-25(2)39(53-46(58)60-5)44(56)51-33-10-7-9-31(33)42-48-34-19-17-29(23-36(34)50-42)27-12-14-28(15-13-27)30-16-18-32-38(24-30)62-22-20-35-41(32)52-43(49-35)37-11-8-21-55(37)45(57)40(26(3)4)54-47(59)61-6/h12-19,23-26,31,33,37,39-40H,7-11,20-22H2,1-6H3,(H,48,50)(H,49,52)(H,51,56)(H,53,58)(H,54,59)/t31-,33+,37-,39-,40-/m0/s1. The highest BCUT2D eigenvalue weighted by atomic mass is 16.5. The number of nitrogens with zero attached hydrogens (tertiary/aromatic N) is 3. The third-order valence-corrected chi connectivity index (χ3v) is 12.5. The van der Waals surface area contributed by atoms with Crippen LogP contribution in [0, 0.1) is 11.8 Å². The van der Waals surface area contributed by atoms with Gasteiger partial charge in [-0.15, -0.1) is 0 Å². The van der Waals surface area contributed by atoms with E-state index < -0.39 is 24.3 Å². The number of likely N-dealkylation sites (tertiary alicyclic amines) is 1. The second-order valence-corrected chi connectivity index (χ2v) is 17.2. The molecule has 0 bridgehead atoms. The van der Waals surface area contributed by atoms with Gasteiger partial charge in [-0.1, -0.05) is 70.5 Å². The molecule has 3 aliphatic rings. The first-order valence-electron chi connectivity index (χ1n) is 21.7. The zero-order valence-electron chi connectivity index (χ0n) is 36.2. The van der Waals surface area contributed by atoms with Crippen LogP contribution in [0.25, 0.3) is 44.5 Å². The number of aromatic amines is 2. The Balaban J connectivity index is 0.966. The number of ether oxygens (including phenoxy) is 3. The topological polar surface area (TPSA) is 193 Å². The number of nitrogens with one attached hydrogen (secondary N) is 5. The number of hydrogen-bond donors (Lipinski definition) is 5. The summed E-state index contributed by atoms with van der Waals surface area (Å²) in [6.45, 7) is 8.67. The molecule has 5 atom stereocenters. The number of amides is 4. The summed E-state index contributed by atoms with van der Waals surface area (Å²) in [5, 5.41) is 8.57. The van der Waals surface area contributed by atoms with E-state index in [-0.39, 0.29) is 41.7 Å². The van der Waals surface area contributed by atoms with Gasteiger partial charge in [0.15, 0.2) is 0 Å². The predicted molar refractivity (Wildman–Crippen MR) is 234 cm³/mol. The quantitative estimate of drug-likeness (QED) is 0.0901. The molecule has 3 aromatic carbocycles. The predicted octanol–water partition coefficient (Wildman–Crippen LogP) is 7.40. The van der Waals surface area contributed by atoms with Crippen LogP contribution in [0.5, 0.6) is 5.75 Å². The van der Waals surface area contributed by atoms with Crippen molar-refractivity contribution < 1.29 is 33.4 Å². The van der Waals surface area contributed by atoms with Gasteiger partial charge in [0.1, 0.15) is 29.5 Å². The largest absolute Gasteiger partial charge is 0.492 e. The van der Waals surface area contributed by atoms with E-state index in [2.05, 4.69) is 80.5 Å². The normalized spacial score (nSPS) is 19.3. The molecule has 15 nitrogen and oxygen atoms in total. The van der Waals surface area contributed by atoms with Crippen molar-refractivity contribution in [2.75, 3.05) is 27.4 Å². The maximum absolute atomic E-state index is 13.8. The fourth-order valence-electron chi connectivity index (χ4n) is 9.16. The van der Waals surface area contributed by atoms with Crippen molar-refractivity contribution in [1.82, 2.24) is 40.8 Å². The van der Waals surface area contributed by atoms with Gasteiger partial charge in [-0.25, -0.2) is 19.6 Å². The van der Waals surface area contributed by atoms with Crippen LogP contribution >= 0.6 is 0 Å². The molecular formula is C47H56N8O7. The number of hydrogen-bond acceptors (Lipinski definition) is 9. The fraction of sp³-hybridized carbons (Fsp3) is 0.447. The number of alkyl carbamates (subject to hydrolysis) is 2. The van der Waals surface area contributed by atoms with Gasteiger partial charge >= 0.3 is 12.2 Å². The third-order valence-electron chi connectivity index (χ3n) is 12.5. The van der Waals surface area contributed by atoms with E-state index in [0.29, 0.717) is 19.6 Å². The maximum atomic E-state index is 13.8. The van der Waals surface area contributed by atoms with Crippen LogP contribution in [-0.4, -0.2) is 94.3 Å². The molecule has 1 aliphatic carbocycles. The first-order chi connectivity index (χ1) is 29.9. The minimum Gasteiger partial charge on any atom is -0.492 e. The number of H-pyrrole nitrogens is 2. The van der Waals surface area contributed by atoms with Gasteiger partial charge in [-0.2, -0.15) is 0 Å². The van der Waals surface area contributed by atoms with Gasteiger partial charge in [0.2, 0.25) is 11.8 Å². The zero-order valence-corrected chi connectivity index (χ0v) is 36.2. The summed E-state index contributed by atoms with van der Waals surface area (Å²) >= 11 is 0. The highest BCUT2D eigenvalue weighted by molar-refractivity contribution is 5.88. The average molecular weight is 845 g/mol. The monoisotopic (exact) mass is 844 g/mol. The lowest BCUT2D eigenvalue weighted by Gasteiger charge is -2.30. The second kappa shape index (κ2) is 17.9. The summed E-state index contributed by atoms with van der Waals surface area (Å²) in [4.78, 5) is 70.0. The number of carbonyl (C=O) groups is 4. The van der Waals surface area contributed by atoms with E-state index in [1.165, 1.54) is 14.2 Å². The van der Waals surface area contributed by atoms with E-state index in [0.717, 1.165) is 99.7 Å². The summed E-state index contributed by atoms with van der Waals surface area (Å²) in [5.74, 6) is 1.80. The number of benzene rings is 3. The minimum absolute atomic E-state index is 0.0285. The number of carbonyl (C=O) groups excluding carboxylic acids is 4. The average Bonchev–Trinajstić information content (AvgIpc) is 4.09. The van der Waals surface area contributed by atoms with Crippen molar-refractivity contribution in [1.29, 1.82) is 0 Å². The molecule has 326 valence electrons. The number of methoxy groups -OCH3 is 2. The van der Waals surface area contributed by atoms with Crippen LogP contribution in [0.1, 0.15) is 89.1 Å². The van der Waals surface area contributed by atoms with E-state index >= 15 is 0 Å². The van der Waals surface area contributed by atoms with Crippen molar-refractivity contribution >= 4 is 35.0 Å². The fourth-order valence-corrected chi connectivity index (χ4v) is 9.16. The second-order valence-electron chi connectivity index (χ2n) is 17.2. The summed E-state index contributed by atoms with van der Waals surface area (Å²) in [5.41, 5.74) is 8.69. The molecule has 1 saturated carbocycles. The third kappa shape index (κ3) is 8.57. The van der Waals surface area contributed by atoms with Crippen molar-refractivity contribution in [2.45, 2.75) is 96.3 Å². The number of rotatable bonds is 11. The Morgan fingerprint density at radius 3 is 2.11 bits per heavy atom. The van der Waals surface area contributed by atoms with Gasteiger partial charge in [0.05, 0.1) is 43.6 Å². The molecule has 0 unspecified atom stereocenters. The summed E-state index contributed by atoms with van der Waals surface area (Å²) in [6, 6.07) is 19.2. The minimum atomic E-state index is -0.700. The number of fused-ring (bicyclic) bond motifs is 4. The highest BCUT2D eigenvalue weighted by Crippen LogP contribution is 2.41. The lowest BCUT2D eigenvalue weighted by Crippen LogP contribution is -2.52. The van der Waals surface area contributed by atoms with Gasteiger partial charge < -0.3 is 45.0 Å². The Hall–Kier alpha value is -6.38. The first-order valence-corrected chi connectivity index (χ1v) is 21.7. The molecule has 8 rings (SSSR count). The molecule has 4 heterocycles. The van der Waals surface area contributed by atoms with Crippen molar-refractivity contribution in [3.05, 3.63) is 78.0 Å². The Bertz CT molecular complexity index is 2460. The molecule has 0 spiro atoms. The van der Waals surface area contributed by atoms with Gasteiger partial charge in [-0.05, 0) is 84.0 Å². The molecule has 0 radical (unpaired) electrons. The van der Waals surface area contributed by atoms with E-state index in [9.17, 15) is 19.2 Å². The molecule has 2 fully saturated rings. The molecule has 4 amide bonds. The van der Waals surface area contributed by atoms with Crippen LogP contribution in [-0.2, 0) is 25.5 Å². The van der Waals surface area contributed by atoms with Crippen LogP contribution < -0.4 is 20.7 Å². The van der Waals surface area contributed by atoms with Crippen LogP contribution in [0.15, 0.2) is 60.7 Å². The number of imidazole rings is 2. The van der Waals surface area contributed by atoms with Crippen molar-refractivity contribution in [2.24, 2.45) is 11.8 Å². The first kappa shape index (κ1) is 42.3. The smallest absolute Gasteiger partial charge is 0.407 e. The van der Waals surface area contributed by atoms with Gasteiger partial charge in [0, 0.05) is 36.2 Å². The van der Waals surface area contributed by atoms with Crippen molar-refractivity contribution in [3.8, 4) is 39.3 Å². The summed E-state index contributed by atoms with van der Waals surface area (Å²) in [6.07, 6.45) is 3.70. The van der Waals surface area contributed by atoms with Gasteiger partial charge in [0.25, 0.3) is 0 Å². The van der Waals surface area contributed by atoms with Crippen LogP contribution in [0.4, 0.5) is 9.59 Å². The summed E-state index contributed by atoms with van der Waals surface area (Å²) in [7, 11) is 2.58. The molecule has 5 N–H and O–H groups in total.